The molecule has 3 N–H and O–H groups in total. The Morgan fingerprint density at radius 1 is 1.21 bits per heavy atom. The predicted molar refractivity (Wildman–Crippen MR) is 108 cm³/mol. The van der Waals surface area contributed by atoms with Gasteiger partial charge in [0.05, 0.1) is 5.75 Å². The molecule has 0 amide bonds. The maximum atomic E-state index is 12.3. The number of nitrogens with one attached hydrogen (secondary N) is 1. The van der Waals surface area contributed by atoms with Crippen LogP contribution in [0.25, 0.3) is 0 Å². The zero-order valence-electron chi connectivity index (χ0n) is 16.0. The number of esters is 1. The minimum absolute atomic E-state index is 0.0248. The van der Waals surface area contributed by atoms with Gasteiger partial charge in [-0.15, -0.1) is 11.8 Å². The number of benzene rings is 1. The van der Waals surface area contributed by atoms with E-state index < -0.39 is 29.6 Å². The molecule has 0 spiro atoms. The van der Waals surface area contributed by atoms with Crippen molar-refractivity contribution in [3.63, 3.8) is 0 Å². The van der Waals surface area contributed by atoms with Gasteiger partial charge in [-0.25, -0.2) is 4.79 Å². The Labute approximate surface area is 166 Å². The number of nitrogen functional groups attached to an aromatic ring is 1. The van der Waals surface area contributed by atoms with E-state index in [9.17, 15) is 19.2 Å². The van der Waals surface area contributed by atoms with Crippen molar-refractivity contribution < 1.29 is 14.3 Å². The number of aryl methyl sites for hydroxylation is 2. The SMILES string of the molecule is CCCn1c(N)c(C(=O)COC(=O)CSc2ccc(C)c(C)c2)c(=O)[nH]c1=O. The monoisotopic (exact) mass is 405 g/mol. The molecule has 0 aliphatic rings. The number of hydrogen-bond acceptors (Lipinski definition) is 7. The first-order chi connectivity index (χ1) is 13.2. The maximum absolute atomic E-state index is 12.3. The average Bonchev–Trinajstić information content (AvgIpc) is 2.64. The number of aromatic nitrogens is 2. The van der Waals surface area contributed by atoms with Crippen LogP contribution in [0.4, 0.5) is 5.82 Å². The highest BCUT2D eigenvalue weighted by Crippen LogP contribution is 2.21. The Morgan fingerprint density at radius 3 is 2.57 bits per heavy atom. The fourth-order valence-corrected chi connectivity index (χ4v) is 3.30. The number of Topliss-reactive ketones (excluding diaryl/α,β-unsaturated/α-hetero) is 1. The molecule has 0 unspecified atom stereocenters. The number of nitrogens with zero attached hydrogens (tertiary/aromatic N) is 1. The molecule has 0 radical (unpaired) electrons. The minimum Gasteiger partial charge on any atom is -0.457 e. The number of nitrogens with two attached hydrogens (primary N) is 1. The maximum Gasteiger partial charge on any atom is 0.329 e. The van der Waals surface area contributed by atoms with Gasteiger partial charge in [0.1, 0.15) is 11.4 Å². The fourth-order valence-electron chi connectivity index (χ4n) is 2.51. The quantitative estimate of drug-likeness (QED) is 0.389. The van der Waals surface area contributed by atoms with Crippen LogP contribution in [-0.4, -0.2) is 33.7 Å². The molecule has 0 saturated heterocycles. The van der Waals surface area contributed by atoms with Crippen LogP contribution < -0.4 is 17.0 Å². The van der Waals surface area contributed by atoms with Crippen LogP contribution in [0.1, 0.15) is 34.8 Å². The second-order valence-corrected chi connectivity index (χ2v) is 7.34. The molecule has 0 bridgehead atoms. The molecule has 2 aromatic rings. The Balaban J connectivity index is 2.00. The third-order valence-electron chi connectivity index (χ3n) is 4.16. The molecule has 150 valence electrons. The molecule has 9 heteroatoms. The molecular formula is C19H23N3O5S. The topological polar surface area (TPSA) is 124 Å². The van der Waals surface area contributed by atoms with Gasteiger partial charge in [0.25, 0.3) is 5.56 Å². The van der Waals surface area contributed by atoms with Gasteiger partial charge in [0, 0.05) is 11.4 Å². The van der Waals surface area contributed by atoms with E-state index >= 15 is 0 Å². The van der Waals surface area contributed by atoms with E-state index in [1.807, 2.05) is 39.0 Å². The van der Waals surface area contributed by atoms with Gasteiger partial charge in [-0.1, -0.05) is 13.0 Å². The fraction of sp³-hybridized carbons (Fsp3) is 0.368. The molecule has 2 rings (SSSR count). The number of carbonyl (C=O) groups excluding carboxylic acids is 2. The number of carbonyl (C=O) groups is 2. The smallest absolute Gasteiger partial charge is 0.329 e. The lowest BCUT2D eigenvalue weighted by atomic mass is 10.1. The Bertz CT molecular complexity index is 1010. The third kappa shape index (κ3) is 5.13. The number of ether oxygens (including phenoxy) is 1. The Hall–Kier alpha value is -2.81. The van der Waals surface area contributed by atoms with Crippen LogP contribution in [0, 0.1) is 13.8 Å². The van der Waals surface area contributed by atoms with E-state index in [0.29, 0.717) is 6.42 Å². The van der Waals surface area contributed by atoms with Crippen LogP contribution in [-0.2, 0) is 16.1 Å². The lowest BCUT2D eigenvalue weighted by Gasteiger charge is -2.11. The normalized spacial score (nSPS) is 10.7. The van der Waals surface area contributed by atoms with Crippen molar-refractivity contribution in [2.75, 3.05) is 18.1 Å². The van der Waals surface area contributed by atoms with Crippen molar-refractivity contribution in [1.29, 1.82) is 0 Å². The lowest BCUT2D eigenvalue weighted by molar-refractivity contribution is -0.139. The first-order valence-electron chi connectivity index (χ1n) is 8.76. The summed E-state index contributed by atoms with van der Waals surface area (Å²) in [5.74, 6) is -1.54. The summed E-state index contributed by atoms with van der Waals surface area (Å²) >= 11 is 1.29. The van der Waals surface area contributed by atoms with Gasteiger partial charge in [-0.2, -0.15) is 0 Å². The molecule has 1 aromatic heterocycles. The number of ketones is 1. The van der Waals surface area contributed by atoms with Gasteiger partial charge in [-0.05, 0) is 43.5 Å². The van der Waals surface area contributed by atoms with Crippen LogP contribution in [0.5, 0.6) is 0 Å². The van der Waals surface area contributed by atoms with Crippen LogP contribution in [0.15, 0.2) is 32.7 Å². The number of thioether (sulfide) groups is 1. The highest BCUT2D eigenvalue weighted by atomic mass is 32.2. The summed E-state index contributed by atoms with van der Waals surface area (Å²) in [5.41, 5.74) is 6.15. The largest absolute Gasteiger partial charge is 0.457 e. The summed E-state index contributed by atoms with van der Waals surface area (Å²) in [6.07, 6.45) is 0.592. The molecule has 0 aliphatic carbocycles. The molecule has 0 atom stereocenters. The van der Waals surface area contributed by atoms with Crippen molar-refractivity contribution >= 4 is 29.3 Å². The van der Waals surface area contributed by atoms with Crippen LogP contribution >= 0.6 is 11.8 Å². The second kappa shape index (κ2) is 9.41. The van der Waals surface area contributed by atoms with Crippen LogP contribution in [0.3, 0.4) is 0 Å². The highest BCUT2D eigenvalue weighted by Gasteiger charge is 2.20. The molecule has 0 fully saturated rings. The van der Waals surface area contributed by atoms with Gasteiger partial charge in [0.15, 0.2) is 6.61 Å². The highest BCUT2D eigenvalue weighted by molar-refractivity contribution is 8.00. The number of aromatic amines is 1. The van der Waals surface area contributed by atoms with Gasteiger partial charge in [-0.3, -0.25) is 23.9 Å². The summed E-state index contributed by atoms with van der Waals surface area (Å²) in [4.78, 5) is 51.0. The Kier molecular flexibility index (Phi) is 7.22. The first kappa shape index (κ1) is 21.5. The zero-order chi connectivity index (χ0) is 20.8. The third-order valence-corrected chi connectivity index (χ3v) is 5.13. The molecule has 1 heterocycles. The van der Waals surface area contributed by atoms with Crippen molar-refractivity contribution in [3.8, 4) is 0 Å². The molecule has 1 aromatic carbocycles. The zero-order valence-corrected chi connectivity index (χ0v) is 16.9. The van der Waals surface area contributed by atoms with E-state index in [1.54, 1.807) is 0 Å². The van der Waals surface area contributed by atoms with Crippen molar-refractivity contribution in [2.24, 2.45) is 0 Å². The predicted octanol–water partition coefficient (Wildman–Crippen LogP) is 1.66. The lowest BCUT2D eigenvalue weighted by Crippen LogP contribution is -2.37. The summed E-state index contributed by atoms with van der Waals surface area (Å²) in [7, 11) is 0. The number of hydrogen-bond donors (Lipinski definition) is 2. The van der Waals surface area contributed by atoms with Crippen molar-refractivity contribution in [1.82, 2.24) is 9.55 Å². The molecule has 8 nitrogen and oxygen atoms in total. The summed E-state index contributed by atoms with van der Waals surface area (Å²) in [5, 5.41) is 0. The number of rotatable bonds is 8. The van der Waals surface area contributed by atoms with Crippen molar-refractivity contribution in [2.45, 2.75) is 38.6 Å². The Morgan fingerprint density at radius 2 is 1.93 bits per heavy atom. The standard InChI is InChI=1S/C19H23N3O5S/c1-4-7-22-17(20)16(18(25)21-19(22)26)14(23)9-27-15(24)10-28-13-6-5-11(2)12(3)8-13/h5-6,8H,4,7,9-10,20H2,1-3H3,(H,21,25,26). The molecular weight excluding hydrogens is 382 g/mol. The minimum atomic E-state index is -0.889. The summed E-state index contributed by atoms with van der Waals surface area (Å²) in [6, 6.07) is 5.84. The van der Waals surface area contributed by atoms with Crippen molar-refractivity contribution in [3.05, 3.63) is 55.7 Å². The van der Waals surface area contributed by atoms with E-state index in [2.05, 4.69) is 4.98 Å². The molecule has 28 heavy (non-hydrogen) atoms. The first-order valence-corrected chi connectivity index (χ1v) is 9.74. The second-order valence-electron chi connectivity index (χ2n) is 6.29. The van der Waals surface area contributed by atoms with Gasteiger partial charge in [0.2, 0.25) is 5.78 Å². The average molecular weight is 405 g/mol. The molecule has 0 aliphatic heterocycles. The van der Waals surface area contributed by atoms with Crippen LogP contribution in [0.2, 0.25) is 0 Å². The number of anilines is 1. The van der Waals surface area contributed by atoms with E-state index in [4.69, 9.17) is 10.5 Å². The molecule has 0 saturated carbocycles. The summed E-state index contributed by atoms with van der Waals surface area (Å²) < 4.78 is 6.09. The van der Waals surface area contributed by atoms with E-state index in [-0.39, 0.29) is 23.7 Å². The number of H-pyrrole nitrogens is 1. The van der Waals surface area contributed by atoms with E-state index in [1.165, 1.54) is 11.8 Å². The van der Waals surface area contributed by atoms with Gasteiger partial charge < -0.3 is 10.5 Å². The summed E-state index contributed by atoms with van der Waals surface area (Å²) in [6.45, 7) is 5.45. The van der Waals surface area contributed by atoms with E-state index in [0.717, 1.165) is 20.6 Å². The van der Waals surface area contributed by atoms with Gasteiger partial charge >= 0.3 is 11.7 Å².